The number of benzene rings is 1. The minimum absolute atomic E-state index is 0.580. The Morgan fingerprint density at radius 3 is 1.93 bits per heavy atom. The maximum absolute atomic E-state index is 3.88. The molecular weight excluding hydrogens is 248 g/mol. The molecule has 0 amide bonds. The highest BCUT2D eigenvalue weighted by molar-refractivity contribution is 9.09. The largest absolute Gasteiger partial charge is 0.0836 e. The van der Waals surface area contributed by atoms with Gasteiger partial charge in [0.25, 0.3) is 0 Å². The van der Waals surface area contributed by atoms with Crippen LogP contribution in [-0.4, -0.2) is 0 Å². The average molecular weight is 267 g/mol. The van der Waals surface area contributed by atoms with E-state index < -0.39 is 0 Å². The molecule has 1 aliphatic carbocycles. The molecule has 1 unspecified atom stereocenters. The van der Waals surface area contributed by atoms with Gasteiger partial charge in [0.05, 0.1) is 0 Å². The Balaban J connectivity index is 2.52. The number of hydrogen-bond acceptors (Lipinski definition) is 0. The van der Waals surface area contributed by atoms with E-state index in [4.69, 9.17) is 0 Å². The smallest absolute Gasteiger partial charge is 0.0428 e. The third kappa shape index (κ3) is 1.99. The van der Waals surface area contributed by atoms with Crippen LogP contribution in [0.15, 0.2) is 6.07 Å². The van der Waals surface area contributed by atoms with Crippen molar-refractivity contribution in [1.82, 2.24) is 0 Å². The first kappa shape index (κ1) is 11.2. The number of alkyl halides is 1. The Bertz CT molecular complexity index is 363. The van der Waals surface area contributed by atoms with E-state index in [2.05, 4.69) is 49.7 Å². The molecule has 15 heavy (non-hydrogen) atoms. The molecule has 1 aromatic rings. The van der Waals surface area contributed by atoms with Crippen LogP contribution in [-0.2, 0) is 0 Å². The van der Waals surface area contributed by atoms with Gasteiger partial charge in [-0.3, -0.25) is 0 Å². The quantitative estimate of drug-likeness (QED) is 0.677. The van der Waals surface area contributed by atoms with Gasteiger partial charge in [-0.15, -0.1) is 0 Å². The van der Waals surface area contributed by atoms with E-state index in [1.54, 1.807) is 5.56 Å². The Labute approximate surface area is 101 Å². The zero-order valence-electron chi connectivity index (χ0n) is 10.0. The van der Waals surface area contributed by atoms with Crippen LogP contribution in [0.1, 0.15) is 45.5 Å². The molecule has 1 saturated carbocycles. The summed E-state index contributed by atoms with van der Waals surface area (Å²) in [6.07, 6.45) is 2.78. The minimum atomic E-state index is 0.580. The fourth-order valence-corrected chi connectivity index (χ4v) is 3.50. The predicted octanol–water partition coefficient (Wildman–Crippen LogP) is 4.77. The maximum Gasteiger partial charge on any atom is 0.0428 e. The highest BCUT2D eigenvalue weighted by Crippen LogP contribution is 2.48. The summed E-state index contributed by atoms with van der Waals surface area (Å²) in [5, 5.41) is 0. The van der Waals surface area contributed by atoms with Crippen molar-refractivity contribution in [2.45, 2.75) is 45.4 Å². The first-order valence-electron chi connectivity index (χ1n) is 5.73. The Morgan fingerprint density at radius 2 is 1.53 bits per heavy atom. The third-order valence-electron chi connectivity index (χ3n) is 3.74. The zero-order chi connectivity index (χ0) is 11.2. The van der Waals surface area contributed by atoms with Crippen LogP contribution in [0.4, 0.5) is 0 Å². The molecule has 0 heterocycles. The summed E-state index contributed by atoms with van der Waals surface area (Å²) in [6, 6.07) is 2.31. The van der Waals surface area contributed by atoms with Crippen molar-refractivity contribution in [3.05, 3.63) is 33.9 Å². The van der Waals surface area contributed by atoms with Gasteiger partial charge in [-0.25, -0.2) is 0 Å². The first-order valence-corrected chi connectivity index (χ1v) is 6.65. The topological polar surface area (TPSA) is 0 Å². The molecule has 0 saturated heterocycles. The summed E-state index contributed by atoms with van der Waals surface area (Å²) in [4.78, 5) is 0.580. The molecular formula is C14H19Br. The van der Waals surface area contributed by atoms with E-state index in [1.165, 1.54) is 35.1 Å². The van der Waals surface area contributed by atoms with Gasteiger partial charge in [-0.05, 0) is 74.3 Å². The van der Waals surface area contributed by atoms with E-state index in [0.29, 0.717) is 4.83 Å². The Morgan fingerprint density at radius 1 is 1.07 bits per heavy atom. The highest BCUT2D eigenvalue weighted by atomic mass is 79.9. The van der Waals surface area contributed by atoms with Gasteiger partial charge in [0, 0.05) is 4.83 Å². The van der Waals surface area contributed by atoms with E-state index in [1.807, 2.05) is 0 Å². The second-order valence-electron chi connectivity index (χ2n) is 4.91. The van der Waals surface area contributed by atoms with Crippen molar-refractivity contribution in [2.24, 2.45) is 5.92 Å². The van der Waals surface area contributed by atoms with Gasteiger partial charge in [0.2, 0.25) is 0 Å². The lowest BCUT2D eigenvalue weighted by Crippen LogP contribution is -2.03. The molecule has 82 valence electrons. The van der Waals surface area contributed by atoms with Crippen molar-refractivity contribution in [2.75, 3.05) is 0 Å². The summed E-state index contributed by atoms with van der Waals surface area (Å²) in [7, 11) is 0. The molecule has 0 nitrogen and oxygen atoms in total. The number of rotatable bonds is 2. The van der Waals surface area contributed by atoms with Crippen LogP contribution in [0.3, 0.4) is 0 Å². The lowest BCUT2D eigenvalue weighted by atomic mass is 9.91. The first-order chi connectivity index (χ1) is 7.02. The summed E-state index contributed by atoms with van der Waals surface area (Å²) in [5.74, 6) is 0.878. The Hall–Kier alpha value is -0.300. The Kier molecular flexibility index (Phi) is 2.94. The third-order valence-corrected chi connectivity index (χ3v) is 4.94. The van der Waals surface area contributed by atoms with Gasteiger partial charge in [0.1, 0.15) is 0 Å². The molecule has 1 aliphatic rings. The van der Waals surface area contributed by atoms with Gasteiger partial charge in [0.15, 0.2) is 0 Å². The molecule has 0 bridgehead atoms. The molecule has 2 rings (SSSR count). The van der Waals surface area contributed by atoms with Crippen LogP contribution < -0.4 is 0 Å². The molecule has 0 aliphatic heterocycles. The fourth-order valence-electron chi connectivity index (χ4n) is 2.29. The fraction of sp³-hybridized carbons (Fsp3) is 0.571. The highest BCUT2D eigenvalue weighted by Gasteiger charge is 2.32. The van der Waals surface area contributed by atoms with E-state index >= 15 is 0 Å². The number of halogens is 1. The SMILES string of the molecule is Cc1cc(C)c(C)c(C(Br)C2CC2)c1C. The van der Waals surface area contributed by atoms with E-state index in [9.17, 15) is 0 Å². The molecule has 0 N–H and O–H groups in total. The predicted molar refractivity (Wildman–Crippen MR) is 69.8 cm³/mol. The second-order valence-corrected chi connectivity index (χ2v) is 5.90. The normalized spacial score (nSPS) is 17.9. The van der Waals surface area contributed by atoms with Gasteiger partial charge in [-0.1, -0.05) is 22.0 Å². The summed E-state index contributed by atoms with van der Waals surface area (Å²) >= 11 is 3.88. The molecule has 1 atom stereocenters. The monoisotopic (exact) mass is 266 g/mol. The van der Waals surface area contributed by atoms with Crippen molar-refractivity contribution < 1.29 is 0 Å². The molecule has 1 fully saturated rings. The lowest BCUT2D eigenvalue weighted by molar-refractivity contribution is 0.807. The van der Waals surface area contributed by atoms with Crippen LogP contribution >= 0.6 is 15.9 Å². The van der Waals surface area contributed by atoms with Gasteiger partial charge >= 0.3 is 0 Å². The lowest BCUT2D eigenvalue weighted by Gasteiger charge is -2.19. The van der Waals surface area contributed by atoms with Crippen molar-refractivity contribution >= 4 is 15.9 Å². The number of hydrogen-bond donors (Lipinski definition) is 0. The average Bonchev–Trinajstić information content (AvgIpc) is 2.98. The molecule has 1 heteroatoms. The second kappa shape index (κ2) is 3.93. The summed E-state index contributed by atoms with van der Waals surface area (Å²) in [6.45, 7) is 8.96. The molecule has 0 spiro atoms. The van der Waals surface area contributed by atoms with Crippen LogP contribution in [0.2, 0.25) is 0 Å². The summed E-state index contributed by atoms with van der Waals surface area (Å²) in [5.41, 5.74) is 7.37. The van der Waals surface area contributed by atoms with Gasteiger partial charge < -0.3 is 0 Å². The maximum atomic E-state index is 3.88. The summed E-state index contributed by atoms with van der Waals surface area (Å²) < 4.78 is 0. The zero-order valence-corrected chi connectivity index (χ0v) is 11.6. The van der Waals surface area contributed by atoms with Crippen molar-refractivity contribution in [3.63, 3.8) is 0 Å². The molecule has 0 radical (unpaired) electrons. The van der Waals surface area contributed by atoms with Crippen LogP contribution in [0, 0.1) is 33.6 Å². The minimum Gasteiger partial charge on any atom is -0.0836 e. The molecule has 1 aromatic carbocycles. The molecule has 0 aromatic heterocycles. The number of aryl methyl sites for hydroxylation is 2. The van der Waals surface area contributed by atoms with Gasteiger partial charge in [-0.2, -0.15) is 0 Å². The van der Waals surface area contributed by atoms with Crippen LogP contribution in [0.5, 0.6) is 0 Å². The standard InChI is InChI=1S/C14H19Br/c1-8-7-9(2)11(4)13(10(8)3)14(15)12-5-6-12/h7,12,14H,5-6H2,1-4H3. The van der Waals surface area contributed by atoms with Crippen molar-refractivity contribution in [3.8, 4) is 0 Å². The van der Waals surface area contributed by atoms with Crippen LogP contribution in [0.25, 0.3) is 0 Å². The van der Waals surface area contributed by atoms with Crippen molar-refractivity contribution in [1.29, 1.82) is 0 Å². The van der Waals surface area contributed by atoms with E-state index in [0.717, 1.165) is 5.92 Å². The van der Waals surface area contributed by atoms with E-state index in [-0.39, 0.29) is 0 Å².